The van der Waals surface area contributed by atoms with Crippen LogP contribution >= 0.6 is 0 Å². The lowest BCUT2D eigenvalue weighted by Gasteiger charge is -2.33. The summed E-state index contributed by atoms with van der Waals surface area (Å²) in [6, 6.07) is 4.13. The molecule has 2 atom stereocenters. The lowest BCUT2D eigenvalue weighted by molar-refractivity contribution is -0.116. The molecule has 1 aromatic carbocycles. The third-order valence-corrected chi connectivity index (χ3v) is 4.81. The van der Waals surface area contributed by atoms with Crippen molar-refractivity contribution in [1.29, 1.82) is 0 Å². The first-order chi connectivity index (χ1) is 12.7. The van der Waals surface area contributed by atoms with E-state index in [1.54, 1.807) is 18.5 Å². The molecule has 7 heteroatoms. The number of nitrogens with two attached hydrogens (primary N) is 1. The summed E-state index contributed by atoms with van der Waals surface area (Å²) < 4.78 is 49.1. The van der Waals surface area contributed by atoms with Gasteiger partial charge in [0.2, 0.25) is 0 Å². The number of rotatable bonds is 2. The van der Waals surface area contributed by atoms with E-state index in [9.17, 15) is 13.2 Å². The van der Waals surface area contributed by atoms with Gasteiger partial charge in [0.05, 0.1) is 0 Å². The molecule has 3 rings (SSSR count). The monoisotopic (exact) mass is 377 g/mol. The van der Waals surface area contributed by atoms with Crippen molar-refractivity contribution < 1.29 is 17.9 Å². The molecule has 0 saturated carbocycles. The van der Waals surface area contributed by atoms with Crippen molar-refractivity contribution >= 4 is 17.6 Å². The van der Waals surface area contributed by atoms with Crippen LogP contribution in [0, 0.1) is 11.7 Å². The summed E-state index contributed by atoms with van der Waals surface area (Å²) in [5, 5.41) is 0. The van der Waals surface area contributed by atoms with E-state index in [2.05, 4.69) is 9.98 Å². The number of halogens is 3. The van der Waals surface area contributed by atoms with Crippen LogP contribution in [-0.2, 0) is 10.3 Å². The largest absolute Gasteiger partial charge is 0.385 e. The predicted molar refractivity (Wildman–Crippen MR) is 101 cm³/mol. The summed E-state index contributed by atoms with van der Waals surface area (Å²) in [4.78, 5) is 8.12. The van der Waals surface area contributed by atoms with Crippen LogP contribution in [0.3, 0.4) is 0 Å². The number of ether oxygens (including phenoxy) is 1. The van der Waals surface area contributed by atoms with E-state index in [4.69, 9.17) is 10.5 Å². The van der Waals surface area contributed by atoms with Gasteiger partial charge < -0.3 is 10.5 Å². The number of allylic oxidation sites excluding steroid dienone is 3. The molecule has 2 N–H and O–H groups in total. The van der Waals surface area contributed by atoms with Gasteiger partial charge in [0, 0.05) is 18.0 Å². The molecule has 0 aromatic heterocycles. The quantitative estimate of drug-likeness (QED) is 0.845. The fourth-order valence-corrected chi connectivity index (χ4v) is 3.21. The molecule has 0 radical (unpaired) electrons. The normalized spacial score (nSPS) is 28.0. The Kier molecular flexibility index (Phi) is 5.24. The van der Waals surface area contributed by atoms with Crippen molar-refractivity contribution in [2.24, 2.45) is 21.6 Å². The van der Waals surface area contributed by atoms with Crippen molar-refractivity contribution in [1.82, 2.24) is 0 Å². The minimum absolute atomic E-state index is 0.0926. The maximum absolute atomic E-state index is 14.8. The summed E-state index contributed by atoms with van der Waals surface area (Å²) in [6.07, 6.45) is 8.07. The number of hydrogen-bond donors (Lipinski definition) is 1. The Morgan fingerprint density at radius 1 is 1.30 bits per heavy atom. The zero-order chi connectivity index (χ0) is 19.7. The molecule has 0 amide bonds. The van der Waals surface area contributed by atoms with E-state index in [1.807, 2.05) is 19.1 Å². The van der Waals surface area contributed by atoms with Crippen LogP contribution in [0.25, 0.3) is 5.57 Å². The number of nitrogens with zero attached hydrogens (tertiary/aromatic N) is 2. The van der Waals surface area contributed by atoms with E-state index in [0.29, 0.717) is 5.56 Å². The second-order valence-corrected chi connectivity index (χ2v) is 7.07. The molecule has 1 aromatic rings. The van der Waals surface area contributed by atoms with Crippen molar-refractivity contribution in [3.8, 4) is 0 Å². The smallest absolute Gasteiger partial charge is 0.299 e. The minimum atomic E-state index is -3.42. The van der Waals surface area contributed by atoms with Crippen LogP contribution in [0.5, 0.6) is 0 Å². The lowest BCUT2D eigenvalue weighted by atomic mass is 9.84. The van der Waals surface area contributed by atoms with Gasteiger partial charge in [-0.25, -0.2) is 13.2 Å². The summed E-state index contributed by atoms with van der Waals surface area (Å²) in [7, 11) is 0. The molecule has 0 saturated heterocycles. The number of benzene rings is 1. The van der Waals surface area contributed by atoms with E-state index in [-0.39, 0.29) is 23.9 Å². The standard InChI is InChI=1S/C20H22F3N3O/c1-13-4-3-7-25-10-15(8-13)14-5-6-17(21)16(9-14)19(2)20(22,23)12-27-11-18(24)26-19/h3,5-10,13H,4,11-12H2,1-2H3,(H2,24,26). The molecule has 4 nitrogen and oxygen atoms in total. The maximum Gasteiger partial charge on any atom is 0.299 e. The highest BCUT2D eigenvalue weighted by Crippen LogP contribution is 2.44. The molecule has 27 heavy (non-hydrogen) atoms. The van der Waals surface area contributed by atoms with Gasteiger partial charge in [0.25, 0.3) is 5.92 Å². The van der Waals surface area contributed by atoms with Crippen LogP contribution in [0.2, 0.25) is 0 Å². The summed E-state index contributed by atoms with van der Waals surface area (Å²) in [6.45, 7) is 2.12. The first-order valence-corrected chi connectivity index (χ1v) is 8.73. The van der Waals surface area contributed by atoms with Crippen molar-refractivity contribution in [2.45, 2.75) is 31.7 Å². The highest BCUT2D eigenvalue weighted by atomic mass is 19.3. The van der Waals surface area contributed by atoms with E-state index in [1.165, 1.54) is 19.1 Å². The molecule has 2 heterocycles. The van der Waals surface area contributed by atoms with Crippen LogP contribution < -0.4 is 5.73 Å². The lowest BCUT2D eigenvalue weighted by Crippen LogP contribution is -2.45. The van der Waals surface area contributed by atoms with E-state index < -0.39 is 23.9 Å². The molecule has 2 aliphatic rings. The van der Waals surface area contributed by atoms with Gasteiger partial charge in [0.1, 0.15) is 24.9 Å². The van der Waals surface area contributed by atoms with E-state index >= 15 is 0 Å². The Balaban J connectivity index is 2.14. The maximum atomic E-state index is 14.8. The zero-order valence-corrected chi connectivity index (χ0v) is 15.3. The third kappa shape index (κ3) is 3.83. The average molecular weight is 377 g/mol. The minimum Gasteiger partial charge on any atom is -0.385 e. The molecule has 0 bridgehead atoms. The van der Waals surface area contributed by atoms with Gasteiger partial charge >= 0.3 is 0 Å². The van der Waals surface area contributed by atoms with Gasteiger partial charge in [-0.1, -0.05) is 25.1 Å². The summed E-state index contributed by atoms with van der Waals surface area (Å²) in [5.74, 6) is -4.05. The summed E-state index contributed by atoms with van der Waals surface area (Å²) >= 11 is 0. The number of alkyl halides is 2. The van der Waals surface area contributed by atoms with Crippen molar-refractivity contribution in [3.05, 3.63) is 53.5 Å². The molecule has 144 valence electrons. The second kappa shape index (κ2) is 7.31. The second-order valence-electron chi connectivity index (χ2n) is 7.07. The van der Waals surface area contributed by atoms with Gasteiger partial charge in [-0.15, -0.1) is 0 Å². The fourth-order valence-electron chi connectivity index (χ4n) is 3.21. The Morgan fingerprint density at radius 2 is 2.07 bits per heavy atom. The Hall–Kier alpha value is -2.41. The van der Waals surface area contributed by atoms with Crippen molar-refractivity contribution in [3.63, 3.8) is 0 Å². The SMILES string of the molecule is CC1C=C(c2ccc(F)c(C3(C)N=C(N)COCC3(F)F)c2)C=NC=CC1. The highest BCUT2D eigenvalue weighted by molar-refractivity contribution is 6.10. The predicted octanol–water partition coefficient (Wildman–Crippen LogP) is 4.07. The van der Waals surface area contributed by atoms with Gasteiger partial charge in [-0.3, -0.25) is 9.98 Å². The fraction of sp³-hybridized carbons (Fsp3) is 0.400. The molecular formula is C20H22F3N3O. The highest BCUT2D eigenvalue weighted by Gasteiger charge is 2.54. The average Bonchev–Trinajstić information content (AvgIpc) is 2.67. The molecule has 0 fully saturated rings. The third-order valence-electron chi connectivity index (χ3n) is 4.81. The molecular weight excluding hydrogens is 355 g/mol. The Morgan fingerprint density at radius 3 is 2.85 bits per heavy atom. The number of amidine groups is 1. The Bertz CT molecular complexity index is 845. The van der Waals surface area contributed by atoms with Gasteiger partial charge in [0.15, 0.2) is 5.54 Å². The molecule has 0 spiro atoms. The molecule has 2 unspecified atom stereocenters. The van der Waals surface area contributed by atoms with Crippen LogP contribution in [0.1, 0.15) is 31.4 Å². The molecule has 0 aliphatic carbocycles. The number of hydrogen-bond acceptors (Lipinski definition) is 4. The molecule has 2 aliphatic heterocycles. The van der Waals surface area contributed by atoms with Gasteiger partial charge in [-0.2, -0.15) is 0 Å². The van der Waals surface area contributed by atoms with Crippen LogP contribution in [0.15, 0.2) is 46.5 Å². The topological polar surface area (TPSA) is 60.0 Å². The first-order valence-electron chi connectivity index (χ1n) is 8.73. The zero-order valence-electron chi connectivity index (χ0n) is 15.3. The number of aliphatic imine (C=N–C) groups is 2. The summed E-state index contributed by atoms with van der Waals surface area (Å²) in [5.41, 5.74) is 4.62. The van der Waals surface area contributed by atoms with E-state index in [0.717, 1.165) is 12.0 Å². The van der Waals surface area contributed by atoms with Crippen LogP contribution in [-0.4, -0.2) is 31.2 Å². The first kappa shape index (κ1) is 19.4. The van der Waals surface area contributed by atoms with Crippen molar-refractivity contribution in [2.75, 3.05) is 13.2 Å². The Labute approximate surface area is 156 Å². The van der Waals surface area contributed by atoms with Crippen LogP contribution in [0.4, 0.5) is 13.2 Å². The van der Waals surface area contributed by atoms with Gasteiger partial charge in [-0.05, 0) is 42.5 Å².